The van der Waals surface area contributed by atoms with E-state index in [-0.39, 0.29) is 5.75 Å². The van der Waals surface area contributed by atoms with Crippen LogP contribution in [0.15, 0.2) is 18.2 Å². The first-order valence-corrected chi connectivity index (χ1v) is 4.83. The lowest BCUT2D eigenvalue weighted by molar-refractivity contribution is 0.475. The van der Waals surface area contributed by atoms with Crippen molar-refractivity contribution >= 4 is 24.2 Å². The van der Waals surface area contributed by atoms with Gasteiger partial charge < -0.3 is 5.11 Å². The molecule has 0 amide bonds. The molecule has 0 aliphatic heterocycles. The number of benzene rings is 1. The second-order valence-corrected chi connectivity index (χ2v) is 3.47. The van der Waals surface area contributed by atoms with Gasteiger partial charge in [0.25, 0.3) is 0 Å². The van der Waals surface area contributed by atoms with Crippen LogP contribution in [0, 0.1) is 0 Å². The van der Waals surface area contributed by atoms with Gasteiger partial charge in [0.15, 0.2) is 0 Å². The number of thiol groups is 1. The summed E-state index contributed by atoms with van der Waals surface area (Å²) in [7, 11) is 0. The third-order valence-corrected chi connectivity index (χ3v) is 2.25. The van der Waals surface area contributed by atoms with Crippen molar-refractivity contribution in [1.29, 1.82) is 0 Å². The Balaban J connectivity index is 2.69. The lowest BCUT2D eigenvalue weighted by Crippen LogP contribution is -1.85. The van der Waals surface area contributed by atoms with Crippen LogP contribution in [-0.2, 0) is 6.42 Å². The van der Waals surface area contributed by atoms with Crippen molar-refractivity contribution in [3.63, 3.8) is 0 Å². The summed E-state index contributed by atoms with van der Waals surface area (Å²) >= 11 is 9.84. The van der Waals surface area contributed by atoms with Gasteiger partial charge in [-0.05, 0) is 36.3 Å². The minimum Gasteiger partial charge on any atom is -0.506 e. The van der Waals surface area contributed by atoms with Gasteiger partial charge in [-0.2, -0.15) is 12.6 Å². The zero-order chi connectivity index (χ0) is 8.97. The molecular weight excluding hydrogens is 192 g/mol. The second kappa shape index (κ2) is 4.63. The predicted molar refractivity (Wildman–Crippen MR) is 55.3 cm³/mol. The van der Waals surface area contributed by atoms with Crippen LogP contribution >= 0.6 is 24.2 Å². The van der Waals surface area contributed by atoms with Crippen molar-refractivity contribution in [3.05, 3.63) is 28.8 Å². The minimum absolute atomic E-state index is 0.145. The Labute approximate surface area is 82.8 Å². The summed E-state index contributed by atoms with van der Waals surface area (Å²) < 4.78 is 0. The fraction of sp³-hybridized carbons (Fsp3) is 0.333. The van der Waals surface area contributed by atoms with Gasteiger partial charge >= 0.3 is 0 Å². The van der Waals surface area contributed by atoms with E-state index in [0.29, 0.717) is 5.02 Å². The molecule has 0 heterocycles. The average Bonchev–Trinajstić information content (AvgIpc) is 2.07. The van der Waals surface area contributed by atoms with Crippen LogP contribution in [0.4, 0.5) is 0 Å². The molecule has 0 atom stereocenters. The van der Waals surface area contributed by atoms with E-state index < -0.39 is 0 Å². The third kappa shape index (κ3) is 2.61. The molecule has 1 aromatic rings. The molecular formula is C9H11ClOS. The summed E-state index contributed by atoms with van der Waals surface area (Å²) in [6.07, 6.45) is 1.99. The number of aryl methyl sites for hydroxylation is 1. The molecule has 1 rings (SSSR count). The van der Waals surface area contributed by atoms with Crippen LogP contribution < -0.4 is 0 Å². The molecule has 66 valence electrons. The van der Waals surface area contributed by atoms with Crippen molar-refractivity contribution in [3.8, 4) is 5.75 Å². The minimum atomic E-state index is 0.145. The molecule has 3 heteroatoms. The molecule has 1 nitrogen and oxygen atoms in total. The zero-order valence-corrected chi connectivity index (χ0v) is 8.28. The number of halogens is 1. The Morgan fingerprint density at radius 3 is 2.75 bits per heavy atom. The molecule has 0 spiro atoms. The summed E-state index contributed by atoms with van der Waals surface area (Å²) in [4.78, 5) is 0. The molecule has 1 aromatic carbocycles. The Morgan fingerprint density at radius 1 is 1.42 bits per heavy atom. The van der Waals surface area contributed by atoms with Gasteiger partial charge in [0.1, 0.15) is 5.75 Å². The van der Waals surface area contributed by atoms with Crippen LogP contribution in [0.1, 0.15) is 12.0 Å². The maximum Gasteiger partial charge on any atom is 0.134 e. The van der Waals surface area contributed by atoms with Crippen molar-refractivity contribution < 1.29 is 5.11 Å². The molecule has 0 unspecified atom stereocenters. The highest BCUT2D eigenvalue weighted by Gasteiger charge is 1.98. The first-order chi connectivity index (χ1) is 5.74. The highest BCUT2D eigenvalue weighted by molar-refractivity contribution is 7.80. The highest BCUT2D eigenvalue weighted by Crippen LogP contribution is 2.24. The fourth-order valence-corrected chi connectivity index (χ4v) is 1.35. The smallest absolute Gasteiger partial charge is 0.134 e. The van der Waals surface area contributed by atoms with Gasteiger partial charge in [-0.15, -0.1) is 0 Å². The van der Waals surface area contributed by atoms with Gasteiger partial charge in [0.05, 0.1) is 5.02 Å². The van der Waals surface area contributed by atoms with Gasteiger partial charge in [0.2, 0.25) is 0 Å². The number of phenolic OH excluding ortho intramolecular Hbond substituents is 1. The molecule has 0 aliphatic rings. The number of aromatic hydroxyl groups is 1. The molecule has 0 saturated heterocycles. The SMILES string of the molecule is Oc1ccc(CCCS)cc1Cl. The average molecular weight is 203 g/mol. The number of phenols is 1. The molecule has 0 radical (unpaired) electrons. The molecule has 0 aromatic heterocycles. The lowest BCUT2D eigenvalue weighted by atomic mass is 10.1. The molecule has 1 N–H and O–H groups in total. The van der Waals surface area contributed by atoms with Crippen LogP contribution in [0.3, 0.4) is 0 Å². The van der Waals surface area contributed by atoms with E-state index in [1.807, 2.05) is 6.07 Å². The van der Waals surface area contributed by atoms with E-state index in [1.54, 1.807) is 12.1 Å². The maximum atomic E-state index is 9.12. The molecule has 12 heavy (non-hydrogen) atoms. The highest BCUT2D eigenvalue weighted by atomic mass is 35.5. The van der Waals surface area contributed by atoms with E-state index in [4.69, 9.17) is 16.7 Å². The standard InChI is InChI=1S/C9H11ClOS/c10-8-6-7(2-1-5-12)3-4-9(8)11/h3-4,6,11-12H,1-2,5H2. The summed E-state index contributed by atoms with van der Waals surface area (Å²) in [6, 6.07) is 5.29. The number of rotatable bonds is 3. The molecule has 0 bridgehead atoms. The van der Waals surface area contributed by atoms with Crippen molar-refractivity contribution in [1.82, 2.24) is 0 Å². The van der Waals surface area contributed by atoms with Crippen LogP contribution in [0.25, 0.3) is 0 Å². The summed E-state index contributed by atoms with van der Waals surface area (Å²) in [5, 5.41) is 9.54. The normalized spacial score (nSPS) is 10.2. The second-order valence-electron chi connectivity index (χ2n) is 2.61. The van der Waals surface area contributed by atoms with Crippen molar-refractivity contribution in [2.24, 2.45) is 0 Å². The fourth-order valence-electron chi connectivity index (χ4n) is 0.989. The van der Waals surface area contributed by atoms with Gasteiger partial charge in [0, 0.05) is 0 Å². The van der Waals surface area contributed by atoms with Crippen molar-refractivity contribution in [2.45, 2.75) is 12.8 Å². The topological polar surface area (TPSA) is 20.2 Å². The van der Waals surface area contributed by atoms with Crippen LogP contribution in [0.2, 0.25) is 5.02 Å². The monoisotopic (exact) mass is 202 g/mol. The van der Waals surface area contributed by atoms with E-state index in [1.165, 1.54) is 0 Å². The zero-order valence-electron chi connectivity index (χ0n) is 6.63. The summed E-state index contributed by atoms with van der Waals surface area (Å²) in [5.41, 5.74) is 1.15. The summed E-state index contributed by atoms with van der Waals surface area (Å²) in [5.74, 6) is 1.02. The maximum absolute atomic E-state index is 9.12. The van der Waals surface area contributed by atoms with E-state index in [0.717, 1.165) is 24.2 Å². The molecule has 0 saturated carbocycles. The number of hydrogen-bond acceptors (Lipinski definition) is 2. The lowest BCUT2D eigenvalue weighted by Gasteiger charge is -2.01. The van der Waals surface area contributed by atoms with Crippen LogP contribution in [0.5, 0.6) is 5.75 Å². The third-order valence-electron chi connectivity index (χ3n) is 1.64. The van der Waals surface area contributed by atoms with E-state index in [2.05, 4.69) is 12.6 Å². The van der Waals surface area contributed by atoms with Gasteiger partial charge in [-0.3, -0.25) is 0 Å². The van der Waals surface area contributed by atoms with Gasteiger partial charge in [-0.1, -0.05) is 17.7 Å². The Bertz CT molecular complexity index is 263. The van der Waals surface area contributed by atoms with Crippen molar-refractivity contribution in [2.75, 3.05) is 5.75 Å². The van der Waals surface area contributed by atoms with E-state index >= 15 is 0 Å². The van der Waals surface area contributed by atoms with Gasteiger partial charge in [-0.25, -0.2) is 0 Å². The quantitative estimate of drug-likeness (QED) is 0.723. The summed E-state index contributed by atoms with van der Waals surface area (Å²) in [6.45, 7) is 0. The Morgan fingerprint density at radius 2 is 2.17 bits per heavy atom. The largest absolute Gasteiger partial charge is 0.506 e. The first kappa shape index (κ1) is 9.75. The first-order valence-electron chi connectivity index (χ1n) is 3.82. The van der Waals surface area contributed by atoms with E-state index in [9.17, 15) is 0 Å². The Kier molecular flexibility index (Phi) is 3.76. The molecule has 0 aliphatic carbocycles. The Hall–Kier alpha value is -0.340. The number of hydrogen-bond donors (Lipinski definition) is 2. The van der Waals surface area contributed by atoms with Crippen LogP contribution in [-0.4, -0.2) is 10.9 Å². The molecule has 0 fully saturated rings. The predicted octanol–water partition coefficient (Wildman–Crippen LogP) is 2.91.